The number of carbonyl (C=O) groups excluding carboxylic acids is 2. The predicted octanol–water partition coefficient (Wildman–Crippen LogP) is 0.824. The summed E-state index contributed by atoms with van der Waals surface area (Å²) in [5.74, 6) is -0.0211. The summed E-state index contributed by atoms with van der Waals surface area (Å²) >= 11 is 1.05. The minimum absolute atomic E-state index is 0.0211. The molecule has 0 atom stereocenters. The van der Waals surface area contributed by atoms with E-state index >= 15 is 0 Å². The Labute approximate surface area is 88.0 Å². The van der Waals surface area contributed by atoms with Crippen LogP contribution in [0.3, 0.4) is 0 Å². The lowest BCUT2D eigenvalue weighted by Crippen LogP contribution is -2.18. The molecule has 0 unspecified atom stereocenters. The van der Waals surface area contributed by atoms with Crippen molar-refractivity contribution < 1.29 is 14.7 Å². The third kappa shape index (κ3) is 5.77. The molecule has 0 heterocycles. The fourth-order valence-corrected chi connectivity index (χ4v) is 1.21. The number of rotatable bonds is 6. The highest BCUT2D eigenvalue weighted by Gasteiger charge is 2.05. The molecule has 1 N–H and O–H groups in total. The molecule has 0 aromatic rings. The molecule has 0 spiro atoms. The van der Waals surface area contributed by atoms with Gasteiger partial charge >= 0.3 is 0 Å². The summed E-state index contributed by atoms with van der Waals surface area (Å²) in [5, 5.41) is 10.2. The minimum Gasteiger partial charge on any atom is -0.395 e. The number of aliphatic hydroxyl groups excluding tert-OH is 1. The van der Waals surface area contributed by atoms with E-state index in [0.717, 1.165) is 11.8 Å². The van der Waals surface area contributed by atoms with Crippen molar-refractivity contribution in [1.82, 2.24) is 4.90 Å². The van der Waals surface area contributed by atoms with Crippen LogP contribution in [0.15, 0.2) is 11.6 Å². The van der Waals surface area contributed by atoms with Crippen LogP contribution in [0.2, 0.25) is 0 Å². The Hall–Kier alpha value is -0.810. The van der Waals surface area contributed by atoms with Gasteiger partial charge in [-0.05, 0) is 5.41 Å². The third-order valence-electron chi connectivity index (χ3n) is 1.40. The van der Waals surface area contributed by atoms with Crippen molar-refractivity contribution in [2.75, 3.05) is 13.2 Å². The van der Waals surface area contributed by atoms with Crippen LogP contribution in [-0.2, 0) is 9.59 Å². The first-order valence-corrected chi connectivity index (χ1v) is 5.18. The molecule has 14 heavy (non-hydrogen) atoms. The van der Waals surface area contributed by atoms with Gasteiger partial charge in [0, 0.05) is 18.7 Å². The number of hydrogen-bond donors (Lipinski definition) is 1. The fraction of sp³-hybridized carbons (Fsp3) is 0.556. The monoisotopic (exact) mass is 217 g/mol. The van der Waals surface area contributed by atoms with Crippen molar-refractivity contribution in [2.45, 2.75) is 13.8 Å². The van der Waals surface area contributed by atoms with Gasteiger partial charge in [-0.25, -0.2) is 0 Å². The summed E-state index contributed by atoms with van der Waals surface area (Å²) < 4.78 is 0. The molecule has 0 aromatic heterocycles. The molecule has 0 aliphatic rings. The van der Waals surface area contributed by atoms with Crippen LogP contribution in [0.4, 0.5) is 0 Å². The smallest absolute Gasteiger partial charge is 0.213 e. The highest BCUT2D eigenvalue weighted by atomic mass is 32.2. The van der Waals surface area contributed by atoms with Crippen molar-refractivity contribution >= 4 is 23.3 Å². The predicted molar refractivity (Wildman–Crippen MR) is 56.4 cm³/mol. The SMILES string of the molecule is CC(C)C(=O)S/C=C/N(C=O)CCO. The summed E-state index contributed by atoms with van der Waals surface area (Å²) in [6.07, 6.45) is 2.08. The number of carbonyl (C=O) groups is 2. The van der Waals surface area contributed by atoms with E-state index in [9.17, 15) is 9.59 Å². The lowest BCUT2D eigenvalue weighted by Gasteiger charge is -2.08. The number of thioether (sulfide) groups is 1. The summed E-state index contributed by atoms with van der Waals surface area (Å²) in [6.45, 7) is 3.78. The van der Waals surface area contributed by atoms with Gasteiger partial charge in [0.1, 0.15) is 0 Å². The van der Waals surface area contributed by atoms with Crippen molar-refractivity contribution in [3.8, 4) is 0 Å². The largest absolute Gasteiger partial charge is 0.395 e. The standard InChI is InChI=1S/C9H15NO3S/c1-8(2)9(13)14-6-4-10(7-12)3-5-11/h4,6-8,11H,3,5H2,1-2H3/b6-4+. The maximum atomic E-state index is 11.1. The van der Waals surface area contributed by atoms with E-state index in [2.05, 4.69) is 0 Å². The number of amides is 1. The molecule has 0 aliphatic heterocycles. The summed E-state index contributed by atoms with van der Waals surface area (Å²) in [7, 11) is 0. The average molecular weight is 217 g/mol. The van der Waals surface area contributed by atoms with Crippen LogP contribution in [0.5, 0.6) is 0 Å². The van der Waals surface area contributed by atoms with Gasteiger partial charge in [-0.2, -0.15) is 0 Å². The molecule has 0 bridgehead atoms. The Morgan fingerprint density at radius 2 is 2.21 bits per heavy atom. The molecule has 0 aliphatic carbocycles. The van der Waals surface area contributed by atoms with Crippen LogP contribution in [0.25, 0.3) is 0 Å². The Bertz CT molecular complexity index is 216. The summed E-state index contributed by atoms with van der Waals surface area (Å²) in [6, 6.07) is 0. The van der Waals surface area contributed by atoms with E-state index < -0.39 is 0 Å². The lowest BCUT2D eigenvalue weighted by atomic mass is 10.3. The van der Waals surface area contributed by atoms with Crippen molar-refractivity contribution in [3.05, 3.63) is 11.6 Å². The normalized spacial score (nSPS) is 10.9. The molecule has 0 radical (unpaired) electrons. The highest BCUT2D eigenvalue weighted by Crippen LogP contribution is 2.11. The molecule has 80 valence electrons. The lowest BCUT2D eigenvalue weighted by molar-refractivity contribution is -0.116. The summed E-state index contributed by atoms with van der Waals surface area (Å²) in [4.78, 5) is 22.8. The molecule has 0 rings (SSSR count). The molecule has 0 saturated carbocycles. The first-order chi connectivity index (χ1) is 6.61. The molecule has 4 nitrogen and oxygen atoms in total. The molecule has 0 saturated heterocycles. The zero-order chi connectivity index (χ0) is 11.0. The average Bonchev–Trinajstić information content (AvgIpc) is 2.16. The van der Waals surface area contributed by atoms with Gasteiger partial charge in [-0.1, -0.05) is 25.6 Å². The molecule has 0 fully saturated rings. The molecular formula is C9H15NO3S. The Morgan fingerprint density at radius 3 is 2.64 bits per heavy atom. The second-order valence-electron chi connectivity index (χ2n) is 2.94. The quantitative estimate of drug-likeness (QED) is 0.669. The molecule has 1 amide bonds. The Kier molecular flexibility index (Phi) is 7.14. The van der Waals surface area contributed by atoms with E-state index in [0.29, 0.717) is 6.41 Å². The van der Waals surface area contributed by atoms with Gasteiger partial charge in [0.05, 0.1) is 6.61 Å². The molecular weight excluding hydrogens is 202 g/mol. The van der Waals surface area contributed by atoms with Crippen LogP contribution in [0, 0.1) is 5.92 Å². The Balaban J connectivity index is 3.90. The highest BCUT2D eigenvalue weighted by molar-refractivity contribution is 8.16. The fourth-order valence-electron chi connectivity index (χ4n) is 0.590. The van der Waals surface area contributed by atoms with E-state index in [4.69, 9.17) is 5.11 Å². The van der Waals surface area contributed by atoms with Gasteiger partial charge in [0.2, 0.25) is 6.41 Å². The third-order valence-corrected chi connectivity index (χ3v) is 2.36. The maximum absolute atomic E-state index is 11.1. The second-order valence-corrected chi connectivity index (χ2v) is 3.85. The van der Waals surface area contributed by atoms with Gasteiger partial charge in [-0.3, -0.25) is 9.59 Å². The number of hydrogen-bond acceptors (Lipinski definition) is 4. The first-order valence-electron chi connectivity index (χ1n) is 4.31. The van der Waals surface area contributed by atoms with Crippen LogP contribution < -0.4 is 0 Å². The van der Waals surface area contributed by atoms with Gasteiger partial charge < -0.3 is 10.0 Å². The van der Waals surface area contributed by atoms with Crippen molar-refractivity contribution in [1.29, 1.82) is 0 Å². The summed E-state index contributed by atoms with van der Waals surface area (Å²) in [5.41, 5.74) is 0. The number of nitrogens with zero attached hydrogens (tertiary/aromatic N) is 1. The maximum Gasteiger partial charge on any atom is 0.213 e. The zero-order valence-electron chi connectivity index (χ0n) is 8.34. The zero-order valence-corrected chi connectivity index (χ0v) is 9.16. The van der Waals surface area contributed by atoms with Gasteiger partial charge in [-0.15, -0.1) is 0 Å². The van der Waals surface area contributed by atoms with Crippen molar-refractivity contribution in [3.63, 3.8) is 0 Å². The minimum atomic E-state index is -0.0914. The number of aliphatic hydroxyl groups is 1. The first kappa shape index (κ1) is 13.2. The molecule has 0 aromatic carbocycles. The molecule has 5 heteroatoms. The van der Waals surface area contributed by atoms with Gasteiger partial charge in [0.15, 0.2) is 5.12 Å². The van der Waals surface area contributed by atoms with Crippen LogP contribution in [-0.4, -0.2) is 34.7 Å². The Morgan fingerprint density at radius 1 is 1.57 bits per heavy atom. The van der Waals surface area contributed by atoms with E-state index in [1.807, 2.05) is 13.8 Å². The van der Waals surface area contributed by atoms with Crippen LogP contribution in [0.1, 0.15) is 13.8 Å². The van der Waals surface area contributed by atoms with Crippen LogP contribution >= 0.6 is 11.8 Å². The van der Waals surface area contributed by atoms with E-state index in [-0.39, 0.29) is 24.2 Å². The topological polar surface area (TPSA) is 57.6 Å². The van der Waals surface area contributed by atoms with E-state index in [1.54, 1.807) is 5.41 Å². The second kappa shape index (κ2) is 7.58. The van der Waals surface area contributed by atoms with E-state index in [1.165, 1.54) is 11.1 Å². The van der Waals surface area contributed by atoms with Gasteiger partial charge in [0.25, 0.3) is 0 Å². The van der Waals surface area contributed by atoms with Crippen molar-refractivity contribution in [2.24, 2.45) is 5.92 Å².